The summed E-state index contributed by atoms with van der Waals surface area (Å²) in [6.07, 6.45) is 0.577. The van der Waals surface area contributed by atoms with Gasteiger partial charge in [-0.3, -0.25) is 4.39 Å². The molecule has 13 heavy (non-hydrogen) atoms. The van der Waals surface area contributed by atoms with Gasteiger partial charge in [0.15, 0.2) is 0 Å². The Morgan fingerprint density at radius 3 is 2.54 bits per heavy atom. The van der Waals surface area contributed by atoms with Gasteiger partial charge in [0.2, 0.25) is 0 Å². The molecule has 1 aromatic rings. The van der Waals surface area contributed by atoms with E-state index in [9.17, 15) is 4.39 Å². The van der Waals surface area contributed by atoms with Crippen molar-refractivity contribution in [3.8, 4) is 0 Å². The molecule has 0 aliphatic rings. The first-order chi connectivity index (χ1) is 6.33. The Kier molecular flexibility index (Phi) is 4.79. The van der Waals surface area contributed by atoms with Crippen LogP contribution in [0.4, 0.5) is 4.39 Å². The number of benzene rings is 1. The highest BCUT2D eigenvalue weighted by Crippen LogP contribution is 2.08. The summed E-state index contributed by atoms with van der Waals surface area (Å²) in [5.74, 6) is 0. The lowest BCUT2D eigenvalue weighted by Gasteiger charge is -2.02. The monoisotopic (exact) mass is 201 g/mol. The van der Waals surface area contributed by atoms with Gasteiger partial charge in [0.25, 0.3) is 0 Å². The molecule has 0 aliphatic carbocycles. The fourth-order valence-electron chi connectivity index (χ4n) is 1.03. The van der Waals surface area contributed by atoms with Gasteiger partial charge in [-0.15, -0.1) is 0 Å². The molecule has 0 saturated carbocycles. The number of alkyl halides is 1. The van der Waals surface area contributed by atoms with Crippen molar-refractivity contribution < 1.29 is 4.39 Å². The second-order valence-corrected chi connectivity index (χ2v) is 3.28. The minimum atomic E-state index is -0.256. The van der Waals surface area contributed by atoms with E-state index < -0.39 is 0 Å². The summed E-state index contributed by atoms with van der Waals surface area (Å²) in [5, 5.41) is 3.88. The molecular weight excluding hydrogens is 189 g/mol. The Hall–Kier alpha value is -0.600. The molecule has 1 nitrogen and oxygen atoms in total. The standard InChI is InChI=1S/C10H13ClFN/c11-10-4-2-9(3-5-10)8-13-7-1-6-12/h2-5,13H,1,6-8H2. The van der Waals surface area contributed by atoms with Gasteiger partial charge >= 0.3 is 0 Å². The second-order valence-electron chi connectivity index (χ2n) is 2.85. The third-order valence-electron chi connectivity index (χ3n) is 1.73. The summed E-state index contributed by atoms with van der Waals surface area (Å²) in [7, 11) is 0. The van der Waals surface area contributed by atoms with Crippen molar-refractivity contribution in [1.82, 2.24) is 5.32 Å². The number of halogens is 2. The highest BCUT2D eigenvalue weighted by Gasteiger charge is 1.92. The molecule has 1 aromatic carbocycles. The summed E-state index contributed by atoms with van der Waals surface area (Å²) in [6.45, 7) is 1.24. The summed E-state index contributed by atoms with van der Waals surface area (Å²) >= 11 is 5.73. The van der Waals surface area contributed by atoms with Crippen molar-refractivity contribution in [3.05, 3.63) is 34.9 Å². The molecule has 0 unspecified atom stereocenters. The Bertz CT molecular complexity index is 235. The molecule has 1 rings (SSSR count). The quantitative estimate of drug-likeness (QED) is 0.723. The molecule has 0 heterocycles. The molecule has 0 aliphatic heterocycles. The minimum absolute atomic E-state index is 0.256. The van der Waals surface area contributed by atoms with Crippen molar-refractivity contribution in [1.29, 1.82) is 0 Å². The molecule has 3 heteroatoms. The van der Waals surface area contributed by atoms with Crippen LogP contribution in [0.5, 0.6) is 0 Å². The molecule has 0 aromatic heterocycles. The van der Waals surface area contributed by atoms with Crippen molar-refractivity contribution in [2.45, 2.75) is 13.0 Å². The van der Waals surface area contributed by atoms with Crippen LogP contribution >= 0.6 is 11.6 Å². The van der Waals surface area contributed by atoms with Crippen molar-refractivity contribution in [2.24, 2.45) is 0 Å². The van der Waals surface area contributed by atoms with Gasteiger partial charge in [0.05, 0.1) is 6.67 Å². The number of hydrogen-bond donors (Lipinski definition) is 1. The van der Waals surface area contributed by atoms with Crippen molar-refractivity contribution in [2.75, 3.05) is 13.2 Å². The molecule has 1 N–H and O–H groups in total. The van der Waals surface area contributed by atoms with Gasteiger partial charge in [-0.1, -0.05) is 23.7 Å². The number of rotatable bonds is 5. The van der Waals surface area contributed by atoms with Crippen LogP contribution in [0.15, 0.2) is 24.3 Å². The van der Waals surface area contributed by atoms with Gasteiger partial charge in [-0.25, -0.2) is 0 Å². The van der Waals surface area contributed by atoms with Gasteiger partial charge in [-0.05, 0) is 30.7 Å². The normalized spacial score (nSPS) is 10.3. The zero-order valence-electron chi connectivity index (χ0n) is 7.39. The predicted octanol–water partition coefficient (Wildman–Crippen LogP) is 2.79. The summed E-state index contributed by atoms with van der Waals surface area (Å²) in [5.41, 5.74) is 1.17. The third kappa shape index (κ3) is 4.25. The largest absolute Gasteiger partial charge is 0.313 e. The van der Waals surface area contributed by atoms with Crippen LogP contribution in [0.25, 0.3) is 0 Å². The van der Waals surface area contributed by atoms with Crippen LogP contribution in [0, 0.1) is 0 Å². The van der Waals surface area contributed by atoms with Crippen LogP contribution in [0.2, 0.25) is 5.02 Å². The maximum atomic E-state index is 11.7. The Morgan fingerprint density at radius 2 is 1.92 bits per heavy atom. The molecule has 0 radical (unpaired) electrons. The zero-order chi connectivity index (χ0) is 9.52. The first kappa shape index (κ1) is 10.5. The maximum absolute atomic E-state index is 11.7. The summed E-state index contributed by atoms with van der Waals surface area (Å²) in [6, 6.07) is 7.64. The molecule has 0 bridgehead atoms. The van der Waals surface area contributed by atoms with Crippen LogP contribution in [-0.4, -0.2) is 13.2 Å². The van der Waals surface area contributed by atoms with E-state index in [4.69, 9.17) is 11.6 Å². The lowest BCUT2D eigenvalue weighted by molar-refractivity contribution is 0.459. The van der Waals surface area contributed by atoms with E-state index in [0.717, 1.165) is 18.1 Å². The smallest absolute Gasteiger partial charge is 0.0906 e. The second kappa shape index (κ2) is 5.95. The molecular formula is C10H13ClFN. The molecule has 0 fully saturated rings. The van der Waals surface area contributed by atoms with E-state index in [0.29, 0.717) is 6.42 Å². The zero-order valence-corrected chi connectivity index (χ0v) is 8.15. The fourth-order valence-corrected chi connectivity index (χ4v) is 1.15. The van der Waals surface area contributed by atoms with Crippen LogP contribution < -0.4 is 5.32 Å². The van der Waals surface area contributed by atoms with Gasteiger partial charge in [-0.2, -0.15) is 0 Å². The molecule has 0 atom stereocenters. The highest BCUT2D eigenvalue weighted by molar-refractivity contribution is 6.30. The van der Waals surface area contributed by atoms with E-state index in [1.54, 1.807) is 0 Å². The number of nitrogens with one attached hydrogen (secondary N) is 1. The fraction of sp³-hybridized carbons (Fsp3) is 0.400. The van der Waals surface area contributed by atoms with Crippen LogP contribution in [-0.2, 0) is 6.54 Å². The van der Waals surface area contributed by atoms with Gasteiger partial charge in [0.1, 0.15) is 0 Å². The van der Waals surface area contributed by atoms with E-state index in [2.05, 4.69) is 5.32 Å². The lowest BCUT2D eigenvalue weighted by atomic mass is 10.2. The first-order valence-electron chi connectivity index (χ1n) is 4.34. The average molecular weight is 202 g/mol. The summed E-state index contributed by atoms with van der Waals surface area (Å²) < 4.78 is 11.7. The van der Waals surface area contributed by atoms with Gasteiger partial charge in [0, 0.05) is 11.6 Å². The predicted molar refractivity (Wildman–Crippen MR) is 53.8 cm³/mol. The maximum Gasteiger partial charge on any atom is 0.0906 e. The van der Waals surface area contributed by atoms with Crippen molar-refractivity contribution in [3.63, 3.8) is 0 Å². The highest BCUT2D eigenvalue weighted by atomic mass is 35.5. The molecule has 0 amide bonds. The van der Waals surface area contributed by atoms with E-state index in [1.165, 1.54) is 5.56 Å². The van der Waals surface area contributed by atoms with E-state index >= 15 is 0 Å². The Labute approximate surface area is 82.9 Å². The van der Waals surface area contributed by atoms with Crippen molar-refractivity contribution >= 4 is 11.6 Å². The molecule has 0 spiro atoms. The topological polar surface area (TPSA) is 12.0 Å². The Balaban J connectivity index is 2.25. The van der Waals surface area contributed by atoms with Crippen LogP contribution in [0.3, 0.4) is 0 Å². The Morgan fingerprint density at radius 1 is 1.23 bits per heavy atom. The van der Waals surface area contributed by atoms with E-state index in [-0.39, 0.29) is 6.67 Å². The third-order valence-corrected chi connectivity index (χ3v) is 1.98. The molecule has 0 saturated heterocycles. The minimum Gasteiger partial charge on any atom is -0.313 e. The van der Waals surface area contributed by atoms with E-state index in [1.807, 2.05) is 24.3 Å². The van der Waals surface area contributed by atoms with Gasteiger partial charge < -0.3 is 5.32 Å². The number of hydrogen-bond acceptors (Lipinski definition) is 1. The summed E-state index contributed by atoms with van der Waals surface area (Å²) in [4.78, 5) is 0. The first-order valence-corrected chi connectivity index (χ1v) is 4.72. The lowest BCUT2D eigenvalue weighted by Crippen LogP contribution is -2.14. The average Bonchev–Trinajstić information content (AvgIpc) is 2.15. The molecule has 72 valence electrons. The van der Waals surface area contributed by atoms with Crippen LogP contribution in [0.1, 0.15) is 12.0 Å². The SMILES string of the molecule is FCCCNCc1ccc(Cl)cc1.